The summed E-state index contributed by atoms with van der Waals surface area (Å²) >= 11 is 5.28. The zero-order valence-electron chi connectivity index (χ0n) is 7.26. The normalized spacial score (nSPS) is 10.3. The fourth-order valence-electron chi connectivity index (χ4n) is 1.01. The summed E-state index contributed by atoms with van der Waals surface area (Å²) in [5.74, 6) is 0.572. The molecule has 1 rings (SSSR count). The Labute approximate surface area is 78.0 Å². The van der Waals surface area contributed by atoms with Crippen LogP contribution in [0.4, 0.5) is 5.69 Å². The maximum Gasteiger partial charge on any atom is 0.0500 e. The van der Waals surface area contributed by atoms with Gasteiger partial charge in [-0.05, 0) is 35.4 Å². The molecule has 1 aromatic rings. The number of hydrogen-bond acceptors (Lipinski definition) is 2. The van der Waals surface area contributed by atoms with Gasteiger partial charge in [-0.1, -0.05) is 26.0 Å². The zero-order chi connectivity index (χ0) is 8.97. The van der Waals surface area contributed by atoms with Gasteiger partial charge in [-0.3, -0.25) is 0 Å². The van der Waals surface area contributed by atoms with Gasteiger partial charge in [0.2, 0.25) is 0 Å². The van der Waals surface area contributed by atoms with Crippen molar-refractivity contribution in [1.82, 2.24) is 4.94 Å². The summed E-state index contributed by atoms with van der Waals surface area (Å²) in [5.41, 5.74) is 5.08. The van der Waals surface area contributed by atoms with E-state index in [9.17, 15) is 0 Å². The molecule has 0 heterocycles. The number of benzene rings is 1. The van der Waals surface area contributed by atoms with E-state index in [1.165, 1.54) is 5.56 Å². The average molecular weight is 185 g/mol. The maximum absolute atomic E-state index is 5.28. The third kappa shape index (κ3) is 2.40. The lowest BCUT2D eigenvalue weighted by atomic mass is 10.0. The molecule has 0 amide bonds. The first kappa shape index (κ1) is 9.36. The molecule has 1 aromatic carbocycles. The molecule has 0 unspecified atom stereocenters. The Kier molecular flexibility index (Phi) is 3.38. The third-order valence-electron chi connectivity index (χ3n) is 1.77. The standard InChI is InChI=1S/C9H13ClN2/c1-7(2)8-3-5-9(6-4-8)11-12-10/h3-7,11-12H,1-2H3. The topological polar surface area (TPSA) is 24.1 Å². The molecule has 0 fully saturated rings. The van der Waals surface area contributed by atoms with E-state index in [4.69, 9.17) is 11.8 Å². The van der Waals surface area contributed by atoms with Gasteiger partial charge in [-0.25, -0.2) is 0 Å². The van der Waals surface area contributed by atoms with Crippen molar-refractivity contribution in [3.63, 3.8) is 0 Å². The molecule has 0 radical (unpaired) electrons. The van der Waals surface area contributed by atoms with E-state index >= 15 is 0 Å². The number of halogens is 1. The molecular formula is C9H13ClN2. The summed E-state index contributed by atoms with van der Waals surface area (Å²) in [6, 6.07) is 8.15. The highest BCUT2D eigenvalue weighted by atomic mass is 35.5. The molecule has 3 heteroatoms. The van der Waals surface area contributed by atoms with E-state index < -0.39 is 0 Å². The van der Waals surface area contributed by atoms with Crippen LogP contribution in [0.5, 0.6) is 0 Å². The van der Waals surface area contributed by atoms with Crippen LogP contribution in [-0.4, -0.2) is 0 Å². The van der Waals surface area contributed by atoms with Crippen molar-refractivity contribution in [2.45, 2.75) is 19.8 Å². The zero-order valence-corrected chi connectivity index (χ0v) is 8.02. The number of anilines is 1. The second-order valence-electron chi connectivity index (χ2n) is 3.00. The van der Waals surface area contributed by atoms with Gasteiger partial charge in [-0.15, -0.1) is 4.94 Å². The molecule has 0 aromatic heterocycles. The van der Waals surface area contributed by atoms with Gasteiger partial charge in [-0.2, -0.15) is 0 Å². The minimum absolute atomic E-state index is 0.572. The molecule has 2 nitrogen and oxygen atoms in total. The second kappa shape index (κ2) is 4.33. The molecule has 12 heavy (non-hydrogen) atoms. The van der Waals surface area contributed by atoms with Crippen molar-refractivity contribution in [3.05, 3.63) is 29.8 Å². The molecule has 0 aliphatic carbocycles. The lowest BCUT2D eigenvalue weighted by Crippen LogP contribution is -2.08. The van der Waals surface area contributed by atoms with Gasteiger partial charge in [0, 0.05) is 5.69 Å². The quantitative estimate of drug-likeness (QED) is 0.558. The van der Waals surface area contributed by atoms with E-state index in [-0.39, 0.29) is 0 Å². The van der Waals surface area contributed by atoms with Crippen LogP contribution < -0.4 is 10.4 Å². The highest BCUT2D eigenvalue weighted by Crippen LogP contribution is 2.16. The van der Waals surface area contributed by atoms with Gasteiger partial charge >= 0.3 is 0 Å². The van der Waals surface area contributed by atoms with Gasteiger partial charge in [0.05, 0.1) is 0 Å². The monoisotopic (exact) mass is 184 g/mol. The molecule has 0 aliphatic rings. The lowest BCUT2D eigenvalue weighted by molar-refractivity contribution is 0.867. The summed E-state index contributed by atoms with van der Waals surface area (Å²) in [6.45, 7) is 4.34. The SMILES string of the molecule is CC(C)c1ccc(NNCl)cc1. The molecule has 0 aliphatic heterocycles. The van der Waals surface area contributed by atoms with E-state index in [0.29, 0.717) is 5.92 Å². The van der Waals surface area contributed by atoms with Crippen LogP contribution in [0.2, 0.25) is 0 Å². The Morgan fingerprint density at radius 3 is 2.17 bits per heavy atom. The molecule has 0 saturated heterocycles. The van der Waals surface area contributed by atoms with Crippen molar-refractivity contribution in [2.75, 3.05) is 5.43 Å². The highest BCUT2D eigenvalue weighted by Gasteiger charge is 1.97. The fourth-order valence-corrected chi connectivity index (χ4v) is 1.12. The van der Waals surface area contributed by atoms with Crippen molar-refractivity contribution < 1.29 is 0 Å². The Morgan fingerprint density at radius 1 is 1.17 bits per heavy atom. The molecule has 0 spiro atoms. The predicted molar refractivity (Wildman–Crippen MR) is 53.1 cm³/mol. The molecule has 2 N–H and O–H groups in total. The Balaban J connectivity index is 2.71. The van der Waals surface area contributed by atoms with Crippen molar-refractivity contribution in [2.24, 2.45) is 0 Å². The Bertz CT molecular complexity index is 231. The van der Waals surface area contributed by atoms with E-state index in [1.54, 1.807) is 0 Å². The van der Waals surface area contributed by atoms with Gasteiger partial charge in [0.1, 0.15) is 0 Å². The average Bonchev–Trinajstić information content (AvgIpc) is 2.06. The molecular weight excluding hydrogens is 172 g/mol. The van der Waals surface area contributed by atoms with Crippen LogP contribution >= 0.6 is 11.8 Å². The van der Waals surface area contributed by atoms with Crippen LogP contribution in [0.3, 0.4) is 0 Å². The largest absolute Gasteiger partial charge is 0.308 e. The molecule has 0 saturated carbocycles. The number of nitrogens with one attached hydrogen (secondary N) is 2. The van der Waals surface area contributed by atoms with Crippen molar-refractivity contribution in [1.29, 1.82) is 0 Å². The van der Waals surface area contributed by atoms with Gasteiger partial charge in [0.25, 0.3) is 0 Å². The summed E-state index contributed by atoms with van der Waals surface area (Å²) in [6.07, 6.45) is 0. The Hall–Kier alpha value is -0.730. The summed E-state index contributed by atoms with van der Waals surface area (Å²) in [5, 5.41) is 0. The van der Waals surface area contributed by atoms with Crippen LogP contribution in [0, 0.1) is 0 Å². The van der Waals surface area contributed by atoms with E-state index in [2.05, 4.69) is 36.4 Å². The van der Waals surface area contributed by atoms with Crippen molar-refractivity contribution >= 4 is 17.5 Å². The summed E-state index contributed by atoms with van der Waals surface area (Å²) in [7, 11) is 0. The van der Waals surface area contributed by atoms with Crippen molar-refractivity contribution in [3.8, 4) is 0 Å². The second-order valence-corrected chi connectivity index (χ2v) is 3.19. The Morgan fingerprint density at radius 2 is 1.75 bits per heavy atom. The minimum atomic E-state index is 0.572. The van der Waals surface area contributed by atoms with Crippen LogP contribution in [-0.2, 0) is 0 Å². The first-order chi connectivity index (χ1) is 5.74. The van der Waals surface area contributed by atoms with Crippen LogP contribution in [0.15, 0.2) is 24.3 Å². The minimum Gasteiger partial charge on any atom is -0.308 e. The number of hydrazine groups is 1. The van der Waals surface area contributed by atoms with Crippen LogP contribution in [0.25, 0.3) is 0 Å². The van der Waals surface area contributed by atoms with E-state index in [1.807, 2.05) is 12.1 Å². The number of rotatable bonds is 3. The fraction of sp³-hybridized carbons (Fsp3) is 0.333. The molecule has 0 atom stereocenters. The van der Waals surface area contributed by atoms with Gasteiger partial charge < -0.3 is 5.43 Å². The third-order valence-corrected chi connectivity index (χ3v) is 1.86. The first-order valence-electron chi connectivity index (χ1n) is 3.95. The first-order valence-corrected chi connectivity index (χ1v) is 4.33. The van der Waals surface area contributed by atoms with Crippen LogP contribution in [0.1, 0.15) is 25.3 Å². The maximum atomic E-state index is 5.28. The smallest absolute Gasteiger partial charge is 0.0500 e. The summed E-state index contributed by atoms with van der Waals surface area (Å²) in [4.78, 5) is 2.35. The molecule has 66 valence electrons. The lowest BCUT2D eigenvalue weighted by Gasteiger charge is -2.06. The summed E-state index contributed by atoms with van der Waals surface area (Å²) < 4.78 is 0. The molecule has 0 bridgehead atoms. The highest BCUT2D eigenvalue weighted by molar-refractivity contribution is 6.13. The van der Waals surface area contributed by atoms with Gasteiger partial charge in [0.15, 0.2) is 0 Å². The predicted octanol–water partition coefficient (Wildman–Crippen LogP) is 2.88. The van der Waals surface area contributed by atoms with E-state index in [0.717, 1.165) is 5.69 Å². The number of hydrogen-bond donors (Lipinski definition) is 2.